The monoisotopic (exact) mass is 377 g/mol. The first-order chi connectivity index (χ1) is 12.4. The van der Waals surface area contributed by atoms with E-state index in [-0.39, 0.29) is 18.0 Å². The number of carboxylic acids is 1. The van der Waals surface area contributed by atoms with Gasteiger partial charge in [0.25, 0.3) is 5.91 Å². The van der Waals surface area contributed by atoms with Crippen LogP contribution in [0.4, 0.5) is 0 Å². The molecule has 2 rings (SSSR count). The predicted molar refractivity (Wildman–Crippen MR) is 95.3 cm³/mol. The number of aromatic carboxylic acids is 1. The lowest BCUT2D eigenvalue weighted by Crippen LogP contribution is -2.39. The van der Waals surface area contributed by atoms with E-state index >= 15 is 0 Å². The number of nitrogens with zero attached hydrogens (tertiary/aromatic N) is 1. The Morgan fingerprint density at radius 1 is 1.23 bits per heavy atom. The summed E-state index contributed by atoms with van der Waals surface area (Å²) in [6, 6.07) is 8.40. The number of carboxylic acid groups (broad SMARTS) is 1. The van der Waals surface area contributed by atoms with E-state index in [1.54, 1.807) is 38.1 Å². The molecule has 0 aliphatic heterocycles. The number of carbonyl (C=O) groups is 3. The van der Waals surface area contributed by atoms with Gasteiger partial charge in [-0.3, -0.25) is 9.59 Å². The fourth-order valence-electron chi connectivity index (χ4n) is 2.05. The van der Waals surface area contributed by atoms with Crippen LogP contribution in [-0.2, 0) is 9.59 Å². The summed E-state index contributed by atoms with van der Waals surface area (Å²) in [5.74, 6) is -1.31. The Morgan fingerprint density at radius 2 is 1.92 bits per heavy atom. The molecule has 26 heavy (non-hydrogen) atoms. The Morgan fingerprint density at radius 3 is 2.54 bits per heavy atom. The van der Waals surface area contributed by atoms with Crippen LogP contribution < -0.4 is 15.4 Å². The Balaban J connectivity index is 1.76. The van der Waals surface area contributed by atoms with Crippen molar-refractivity contribution in [2.45, 2.75) is 19.9 Å². The summed E-state index contributed by atoms with van der Waals surface area (Å²) in [5, 5.41) is 14.7. The van der Waals surface area contributed by atoms with Gasteiger partial charge < -0.3 is 20.5 Å². The third-order valence-corrected chi connectivity index (χ3v) is 4.64. The highest BCUT2D eigenvalue weighted by atomic mass is 32.1. The molecule has 0 aliphatic rings. The maximum Gasteiger partial charge on any atom is 0.347 e. The Labute approximate surface area is 154 Å². The van der Waals surface area contributed by atoms with Gasteiger partial charge >= 0.3 is 5.97 Å². The average molecular weight is 377 g/mol. The standard InChI is InChI=1S/C17H19N3O5S/c1-10-15(17(23)24)26-16(20-10)11(2)19-13(21)8-18-14(22)9-25-12-6-4-3-5-7-12/h3-7,11H,8-9H2,1-2H3,(H,18,22)(H,19,21)(H,23,24). The summed E-state index contributed by atoms with van der Waals surface area (Å²) in [4.78, 5) is 39.0. The fraction of sp³-hybridized carbons (Fsp3) is 0.294. The third-order valence-electron chi connectivity index (χ3n) is 3.31. The van der Waals surface area contributed by atoms with E-state index in [2.05, 4.69) is 15.6 Å². The molecule has 8 nitrogen and oxygen atoms in total. The molecular formula is C17H19N3O5S. The van der Waals surface area contributed by atoms with Gasteiger partial charge in [0.2, 0.25) is 5.91 Å². The van der Waals surface area contributed by atoms with E-state index in [9.17, 15) is 14.4 Å². The molecule has 1 unspecified atom stereocenters. The van der Waals surface area contributed by atoms with Crippen LogP contribution in [0.2, 0.25) is 0 Å². The minimum absolute atomic E-state index is 0.146. The average Bonchev–Trinajstić information content (AvgIpc) is 3.01. The predicted octanol–water partition coefficient (Wildman–Crippen LogP) is 1.52. The second kappa shape index (κ2) is 8.95. The Kier molecular flexibility index (Phi) is 6.67. The first kappa shape index (κ1) is 19.4. The first-order valence-corrected chi connectivity index (χ1v) is 8.63. The minimum atomic E-state index is -1.05. The largest absolute Gasteiger partial charge is 0.484 e. The van der Waals surface area contributed by atoms with Crippen LogP contribution in [0.15, 0.2) is 30.3 Å². The van der Waals surface area contributed by atoms with Gasteiger partial charge in [-0.25, -0.2) is 9.78 Å². The van der Waals surface area contributed by atoms with Gasteiger partial charge in [-0.2, -0.15) is 0 Å². The molecule has 1 heterocycles. The van der Waals surface area contributed by atoms with Crippen molar-refractivity contribution in [2.75, 3.05) is 13.2 Å². The molecule has 138 valence electrons. The second-order valence-corrected chi connectivity index (χ2v) is 6.47. The van der Waals surface area contributed by atoms with E-state index < -0.39 is 23.8 Å². The molecule has 0 spiro atoms. The number of thiazole rings is 1. The van der Waals surface area contributed by atoms with Crippen LogP contribution in [0, 0.1) is 6.92 Å². The minimum Gasteiger partial charge on any atom is -0.484 e. The van der Waals surface area contributed by atoms with Gasteiger partial charge in [0.15, 0.2) is 6.61 Å². The zero-order valence-electron chi connectivity index (χ0n) is 14.3. The maximum atomic E-state index is 11.9. The number of nitrogens with one attached hydrogen (secondary N) is 2. The topological polar surface area (TPSA) is 118 Å². The highest BCUT2D eigenvalue weighted by Gasteiger charge is 2.19. The SMILES string of the molecule is Cc1nc(C(C)NC(=O)CNC(=O)COc2ccccc2)sc1C(=O)O. The molecule has 3 N–H and O–H groups in total. The number of amides is 2. The Hall–Kier alpha value is -2.94. The molecule has 1 aromatic carbocycles. The summed E-state index contributed by atoms with van der Waals surface area (Å²) in [7, 11) is 0. The summed E-state index contributed by atoms with van der Waals surface area (Å²) >= 11 is 1.02. The number of para-hydroxylation sites is 1. The molecule has 2 amide bonds. The van der Waals surface area contributed by atoms with Gasteiger partial charge in [-0.15, -0.1) is 11.3 Å². The van der Waals surface area contributed by atoms with E-state index in [1.807, 2.05) is 6.07 Å². The molecule has 0 saturated carbocycles. The van der Waals surface area contributed by atoms with Crippen molar-refractivity contribution in [2.24, 2.45) is 0 Å². The summed E-state index contributed by atoms with van der Waals surface area (Å²) in [6.07, 6.45) is 0. The van der Waals surface area contributed by atoms with Crippen LogP contribution >= 0.6 is 11.3 Å². The van der Waals surface area contributed by atoms with Crippen molar-refractivity contribution in [3.63, 3.8) is 0 Å². The number of hydrogen-bond acceptors (Lipinski definition) is 6. The smallest absolute Gasteiger partial charge is 0.347 e. The lowest BCUT2D eigenvalue weighted by molar-refractivity contribution is -0.127. The number of aromatic nitrogens is 1. The molecule has 1 atom stereocenters. The van der Waals surface area contributed by atoms with Crippen molar-refractivity contribution >= 4 is 29.1 Å². The molecule has 2 aromatic rings. The number of ether oxygens (including phenoxy) is 1. The molecule has 1 aromatic heterocycles. The zero-order valence-corrected chi connectivity index (χ0v) is 15.1. The summed E-state index contributed by atoms with van der Waals surface area (Å²) in [6.45, 7) is 2.89. The molecule has 0 fully saturated rings. The van der Waals surface area contributed by atoms with Gasteiger partial charge in [-0.1, -0.05) is 18.2 Å². The zero-order chi connectivity index (χ0) is 19.1. The Bertz CT molecular complexity index is 791. The van der Waals surface area contributed by atoms with Crippen molar-refractivity contribution < 1.29 is 24.2 Å². The van der Waals surface area contributed by atoms with Gasteiger partial charge in [0, 0.05) is 0 Å². The number of carbonyl (C=O) groups excluding carboxylic acids is 2. The van der Waals surface area contributed by atoms with Crippen LogP contribution in [0.1, 0.15) is 33.3 Å². The molecule has 0 aliphatic carbocycles. The van der Waals surface area contributed by atoms with Crippen molar-refractivity contribution in [3.05, 3.63) is 45.9 Å². The summed E-state index contributed by atoms with van der Waals surface area (Å²) < 4.78 is 5.28. The fourth-order valence-corrected chi connectivity index (χ4v) is 2.96. The first-order valence-electron chi connectivity index (χ1n) is 7.81. The van der Waals surface area contributed by atoms with Gasteiger partial charge in [0.1, 0.15) is 15.6 Å². The highest BCUT2D eigenvalue weighted by molar-refractivity contribution is 7.13. The number of hydrogen-bond donors (Lipinski definition) is 3. The molecular weight excluding hydrogens is 358 g/mol. The third kappa shape index (κ3) is 5.55. The van der Waals surface area contributed by atoms with Crippen molar-refractivity contribution in [1.29, 1.82) is 0 Å². The summed E-state index contributed by atoms with van der Waals surface area (Å²) in [5.41, 5.74) is 0.407. The second-order valence-electron chi connectivity index (χ2n) is 5.44. The number of rotatable bonds is 8. The van der Waals surface area contributed by atoms with Crippen molar-refractivity contribution in [3.8, 4) is 5.75 Å². The van der Waals surface area contributed by atoms with Crippen LogP contribution in [0.3, 0.4) is 0 Å². The molecule has 0 bridgehead atoms. The van der Waals surface area contributed by atoms with Crippen LogP contribution in [0.5, 0.6) is 5.75 Å². The van der Waals surface area contributed by atoms with Crippen LogP contribution in [-0.4, -0.2) is 41.0 Å². The van der Waals surface area contributed by atoms with Crippen molar-refractivity contribution in [1.82, 2.24) is 15.6 Å². The van der Waals surface area contributed by atoms with E-state index in [4.69, 9.17) is 9.84 Å². The molecule has 0 saturated heterocycles. The quantitative estimate of drug-likeness (QED) is 0.642. The number of benzene rings is 1. The highest BCUT2D eigenvalue weighted by Crippen LogP contribution is 2.23. The van der Waals surface area contributed by atoms with Gasteiger partial charge in [0.05, 0.1) is 18.3 Å². The van der Waals surface area contributed by atoms with Crippen LogP contribution in [0.25, 0.3) is 0 Å². The molecule has 9 heteroatoms. The van der Waals surface area contributed by atoms with E-state index in [1.165, 1.54) is 0 Å². The number of aryl methyl sites for hydroxylation is 1. The maximum absolute atomic E-state index is 11.9. The van der Waals surface area contributed by atoms with E-state index in [0.717, 1.165) is 11.3 Å². The van der Waals surface area contributed by atoms with E-state index in [0.29, 0.717) is 16.5 Å². The van der Waals surface area contributed by atoms with Gasteiger partial charge in [-0.05, 0) is 26.0 Å². The lowest BCUT2D eigenvalue weighted by Gasteiger charge is -2.12. The normalized spacial score (nSPS) is 11.5. The molecule has 0 radical (unpaired) electrons. The lowest BCUT2D eigenvalue weighted by atomic mass is 10.3.